The molecule has 1 heterocycles. The van der Waals surface area contributed by atoms with Gasteiger partial charge in [-0.2, -0.15) is 0 Å². The molecule has 0 atom stereocenters. The minimum atomic E-state index is -0.460. The van der Waals surface area contributed by atoms with Gasteiger partial charge in [0, 0.05) is 11.8 Å². The van der Waals surface area contributed by atoms with Crippen LogP contribution in [0.15, 0.2) is 59.0 Å². The molecule has 94 valence electrons. The first-order chi connectivity index (χ1) is 9.25. The second kappa shape index (κ2) is 4.57. The molecule has 0 radical (unpaired) electrons. The van der Waals surface area contributed by atoms with Crippen LogP contribution in [-0.4, -0.2) is 4.92 Å². The SMILES string of the molecule is O=[N+]([O-])c1oc2ccccc2c1Cc1ccccc1. The fourth-order valence-corrected chi connectivity index (χ4v) is 2.20. The van der Waals surface area contributed by atoms with Crippen molar-refractivity contribution in [1.82, 2.24) is 0 Å². The van der Waals surface area contributed by atoms with Crippen molar-refractivity contribution in [3.8, 4) is 0 Å². The van der Waals surface area contributed by atoms with Gasteiger partial charge in [-0.1, -0.05) is 48.5 Å². The highest BCUT2D eigenvalue weighted by molar-refractivity contribution is 5.84. The first-order valence-corrected chi connectivity index (χ1v) is 5.94. The van der Waals surface area contributed by atoms with Crippen molar-refractivity contribution in [2.24, 2.45) is 0 Å². The van der Waals surface area contributed by atoms with Crippen molar-refractivity contribution in [2.75, 3.05) is 0 Å². The summed E-state index contributed by atoms with van der Waals surface area (Å²) in [6.07, 6.45) is 0.494. The van der Waals surface area contributed by atoms with Gasteiger partial charge in [-0.15, -0.1) is 0 Å². The van der Waals surface area contributed by atoms with Gasteiger partial charge in [0.05, 0.1) is 5.56 Å². The fourth-order valence-electron chi connectivity index (χ4n) is 2.20. The lowest BCUT2D eigenvalue weighted by Gasteiger charge is -1.98. The number of furan rings is 1. The molecule has 3 rings (SSSR count). The molecule has 0 spiro atoms. The van der Waals surface area contributed by atoms with Crippen LogP contribution in [0.4, 0.5) is 5.88 Å². The van der Waals surface area contributed by atoms with E-state index in [9.17, 15) is 10.1 Å². The third-order valence-corrected chi connectivity index (χ3v) is 3.07. The van der Waals surface area contributed by atoms with Gasteiger partial charge in [-0.25, -0.2) is 0 Å². The Bertz CT molecular complexity index is 731. The van der Waals surface area contributed by atoms with Gasteiger partial charge >= 0.3 is 5.88 Å². The molecular weight excluding hydrogens is 242 g/mol. The smallest absolute Gasteiger partial charge is 0.400 e. The number of rotatable bonds is 3. The highest BCUT2D eigenvalue weighted by Crippen LogP contribution is 2.33. The highest BCUT2D eigenvalue weighted by Gasteiger charge is 2.23. The molecule has 0 fully saturated rings. The van der Waals surface area contributed by atoms with Gasteiger partial charge in [0.25, 0.3) is 0 Å². The van der Waals surface area contributed by atoms with Crippen molar-refractivity contribution >= 4 is 16.9 Å². The van der Waals surface area contributed by atoms with E-state index in [0.717, 1.165) is 10.9 Å². The lowest BCUT2D eigenvalue weighted by Crippen LogP contribution is -1.93. The maximum atomic E-state index is 11.1. The van der Waals surface area contributed by atoms with Crippen molar-refractivity contribution in [3.05, 3.63) is 75.8 Å². The zero-order valence-corrected chi connectivity index (χ0v) is 10.1. The Kier molecular flexibility index (Phi) is 2.76. The standard InChI is InChI=1S/C15H11NO3/c17-16(18)15-13(10-11-6-2-1-3-7-11)12-8-4-5-9-14(12)19-15/h1-9H,10H2. The number of nitro groups is 1. The summed E-state index contributed by atoms with van der Waals surface area (Å²) >= 11 is 0. The predicted molar refractivity (Wildman–Crippen MR) is 72.1 cm³/mol. The van der Waals surface area contributed by atoms with Crippen LogP contribution in [0.5, 0.6) is 0 Å². The van der Waals surface area contributed by atoms with Gasteiger partial charge in [-0.05, 0) is 11.6 Å². The topological polar surface area (TPSA) is 56.3 Å². The lowest BCUT2D eigenvalue weighted by molar-refractivity contribution is -0.402. The van der Waals surface area contributed by atoms with Crippen molar-refractivity contribution in [2.45, 2.75) is 6.42 Å². The molecule has 0 saturated heterocycles. The summed E-state index contributed by atoms with van der Waals surface area (Å²) in [4.78, 5) is 10.6. The first-order valence-electron chi connectivity index (χ1n) is 5.94. The normalized spacial score (nSPS) is 10.7. The second-order valence-electron chi connectivity index (χ2n) is 4.30. The van der Waals surface area contributed by atoms with Gasteiger partial charge < -0.3 is 4.42 Å². The fraction of sp³-hybridized carbons (Fsp3) is 0.0667. The maximum absolute atomic E-state index is 11.1. The quantitative estimate of drug-likeness (QED) is 0.525. The van der Waals surface area contributed by atoms with E-state index in [-0.39, 0.29) is 5.88 Å². The van der Waals surface area contributed by atoms with E-state index in [1.54, 1.807) is 6.07 Å². The molecule has 4 heteroatoms. The molecule has 0 aliphatic carbocycles. The maximum Gasteiger partial charge on any atom is 0.437 e. The Labute approximate surface area is 109 Å². The Balaban J connectivity index is 2.15. The van der Waals surface area contributed by atoms with Crippen LogP contribution in [0.2, 0.25) is 0 Å². The monoisotopic (exact) mass is 253 g/mol. The molecular formula is C15H11NO3. The Morgan fingerprint density at radius 3 is 2.42 bits per heavy atom. The minimum Gasteiger partial charge on any atom is -0.400 e. The summed E-state index contributed by atoms with van der Waals surface area (Å²) in [7, 11) is 0. The molecule has 0 amide bonds. The van der Waals surface area contributed by atoms with Crippen LogP contribution in [0, 0.1) is 10.1 Å². The number of para-hydroxylation sites is 1. The third-order valence-electron chi connectivity index (χ3n) is 3.07. The summed E-state index contributed by atoms with van der Waals surface area (Å²) in [5.74, 6) is -0.162. The van der Waals surface area contributed by atoms with Gasteiger partial charge in [-0.3, -0.25) is 10.1 Å². The number of hydrogen-bond donors (Lipinski definition) is 0. The Morgan fingerprint density at radius 2 is 1.68 bits per heavy atom. The van der Waals surface area contributed by atoms with E-state index < -0.39 is 4.92 Å². The Hall–Kier alpha value is -2.62. The van der Waals surface area contributed by atoms with Crippen LogP contribution in [0.25, 0.3) is 11.0 Å². The van der Waals surface area contributed by atoms with Crippen molar-refractivity contribution in [3.63, 3.8) is 0 Å². The summed E-state index contributed by atoms with van der Waals surface area (Å²) in [6.45, 7) is 0. The van der Waals surface area contributed by atoms with Crippen LogP contribution in [-0.2, 0) is 6.42 Å². The molecule has 0 bridgehead atoms. The molecule has 0 aliphatic rings. The van der Waals surface area contributed by atoms with Crippen LogP contribution in [0.3, 0.4) is 0 Å². The van der Waals surface area contributed by atoms with Crippen molar-refractivity contribution < 1.29 is 9.34 Å². The van der Waals surface area contributed by atoms with Gasteiger partial charge in [0.2, 0.25) is 0 Å². The number of benzene rings is 2. The van der Waals surface area contributed by atoms with E-state index in [4.69, 9.17) is 4.42 Å². The molecule has 2 aromatic carbocycles. The zero-order valence-electron chi connectivity index (χ0n) is 10.1. The molecule has 19 heavy (non-hydrogen) atoms. The molecule has 0 aliphatic heterocycles. The molecule has 0 unspecified atom stereocenters. The van der Waals surface area contributed by atoms with Gasteiger partial charge in [0.1, 0.15) is 10.5 Å². The molecule has 1 aromatic heterocycles. The van der Waals surface area contributed by atoms with Crippen molar-refractivity contribution in [1.29, 1.82) is 0 Å². The highest BCUT2D eigenvalue weighted by atomic mass is 16.6. The molecule has 3 aromatic rings. The minimum absolute atomic E-state index is 0.162. The van der Waals surface area contributed by atoms with E-state index in [2.05, 4.69) is 0 Å². The van der Waals surface area contributed by atoms with E-state index in [1.165, 1.54) is 0 Å². The second-order valence-corrected chi connectivity index (χ2v) is 4.30. The first kappa shape index (κ1) is 11.5. The lowest BCUT2D eigenvalue weighted by atomic mass is 10.0. The van der Waals surface area contributed by atoms with Crippen LogP contribution < -0.4 is 0 Å². The summed E-state index contributed by atoms with van der Waals surface area (Å²) in [5.41, 5.74) is 2.21. The average Bonchev–Trinajstić information content (AvgIpc) is 2.79. The zero-order chi connectivity index (χ0) is 13.2. The van der Waals surface area contributed by atoms with Gasteiger partial charge in [0.15, 0.2) is 0 Å². The average molecular weight is 253 g/mol. The largest absolute Gasteiger partial charge is 0.437 e. The van der Waals surface area contributed by atoms with Crippen LogP contribution >= 0.6 is 0 Å². The van der Waals surface area contributed by atoms with Crippen LogP contribution in [0.1, 0.15) is 11.1 Å². The molecule has 0 saturated carbocycles. The number of fused-ring (bicyclic) bond motifs is 1. The number of hydrogen-bond acceptors (Lipinski definition) is 3. The van der Waals surface area contributed by atoms with E-state index >= 15 is 0 Å². The van der Waals surface area contributed by atoms with E-state index in [1.807, 2.05) is 48.5 Å². The van der Waals surface area contributed by atoms with E-state index in [0.29, 0.717) is 17.6 Å². The summed E-state index contributed by atoms with van der Waals surface area (Å²) in [6, 6.07) is 16.9. The summed E-state index contributed by atoms with van der Waals surface area (Å²) < 4.78 is 5.33. The Morgan fingerprint density at radius 1 is 1.00 bits per heavy atom. The summed E-state index contributed by atoms with van der Waals surface area (Å²) in [5, 5.41) is 11.9. The number of nitrogens with zero attached hydrogens (tertiary/aromatic N) is 1. The molecule has 4 nitrogen and oxygen atoms in total. The predicted octanol–water partition coefficient (Wildman–Crippen LogP) is 3.93. The molecule has 0 N–H and O–H groups in total. The third kappa shape index (κ3) is 2.08.